The van der Waals surface area contributed by atoms with Crippen LogP contribution in [0.4, 0.5) is 0 Å². The summed E-state index contributed by atoms with van der Waals surface area (Å²) in [7, 11) is 0. The van der Waals surface area contributed by atoms with Crippen molar-refractivity contribution in [1.82, 2.24) is 0 Å². The Hall–Kier alpha value is -1.10. The van der Waals surface area contributed by atoms with Gasteiger partial charge < -0.3 is 14.6 Å². The van der Waals surface area contributed by atoms with Gasteiger partial charge in [0, 0.05) is 11.8 Å². The maximum Gasteiger partial charge on any atom is 2.00 e. The first-order valence-corrected chi connectivity index (χ1v) is 6.93. The van der Waals surface area contributed by atoms with Crippen LogP contribution < -0.4 is 0 Å². The Bertz CT molecular complexity index is 461. The van der Waals surface area contributed by atoms with Crippen LogP contribution in [0, 0.1) is 86.4 Å². The third kappa shape index (κ3) is 10.6. The minimum atomic E-state index is -0.169. The predicted octanol–water partition coefficient (Wildman–Crippen LogP) is 1.44. The number of hydrogen-bond donors (Lipinski definition) is 1. The quantitative estimate of drug-likeness (QED) is 0.264. The van der Waals surface area contributed by atoms with Crippen molar-refractivity contribution in [2.75, 3.05) is 19.8 Å². The number of aliphatic hydroxyl groups is 1. The molecule has 2 rings (SSSR count). The van der Waals surface area contributed by atoms with Gasteiger partial charge >= 0.3 is 17.1 Å². The van der Waals surface area contributed by atoms with E-state index >= 15 is 0 Å². The van der Waals surface area contributed by atoms with E-state index in [9.17, 15) is 4.79 Å². The molecule has 0 heterocycles. The zero-order valence-corrected chi connectivity index (χ0v) is 14.1. The average Bonchev–Trinajstić information content (AvgIpc) is 3.27. The fourth-order valence-corrected chi connectivity index (χ4v) is 1.58. The fourth-order valence-electron chi connectivity index (χ4n) is 1.58. The Labute approximate surface area is 156 Å². The maximum atomic E-state index is 9.87. The van der Waals surface area contributed by atoms with E-state index in [0.29, 0.717) is 5.57 Å². The molecule has 0 saturated heterocycles. The van der Waals surface area contributed by atoms with Crippen LogP contribution >= 0.6 is 0 Å². The summed E-state index contributed by atoms with van der Waals surface area (Å²) < 4.78 is 5.16. The summed E-state index contributed by atoms with van der Waals surface area (Å²) in [6, 6.07) is 2.07. The molecule has 0 aromatic carbocycles. The van der Waals surface area contributed by atoms with Gasteiger partial charge in [-0.3, -0.25) is 0 Å². The van der Waals surface area contributed by atoms with Gasteiger partial charge in [-0.2, -0.15) is 5.26 Å². The van der Waals surface area contributed by atoms with Crippen LogP contribution in [0.25, 0.3) is 0 Å². The second-order valence-corrected chi connectivity index (χ2v) is 4.34. The standard InChI is InChI=1S/C13H12NO2.C6H5O.Fe/c14-10-13(9-12-5-1-2-6-12)11-16-8-4-3-7-15;7-5-6-3-1-2-4-6;/h1-2,5-6,9,15H,7-8,11H2;1-5H;/q;;+2/b13-9+;;. The van der Waals surface area contributed by atoms with E-state index in [2.05, 4.69) is 17.9 Å². The summed E-state index contributed by atoms with van der Waals surface area (Å²) >= 11 is 0. The number of rotatable bonds is 5. The topological polar surface area (TPSA) is 70.3 Å². The van der Waals surface area contributed by atoms with Crippen molar-refractivity contribution in [1.29, 1.82) is 5.26 Å². The van der Waals surface area contributed by atoms with Crippen molar-refractivity contribution in [2.45, 2.75) is 0 Å². The van der Waals surface area contributed by atoms with Gasteiger partial charge in [0.25, 0.3) is 0 Å². The molecule has 122 valence electrons. The van der Waals surface area contributed by atoms with Gasteiger partial charge in [-0.15, -0.1) is 0 Å². The summed E-state index contributed by atoms with van der Waals surface area (Å²) in [6.07, 6.45) is 17.5. The van der Waals surface area contributed by atoms with Crippen LogP contribution in [0.1, 0.15) is 0 Å². The second kappa shape index (κ2) is 15.4. The van der Waals surface area contributed by atoms with Gasteiger partial charge in [0.15, 0.2) is 0 Å². The first kappa shape index (κ1) is 22.9. The molecule has 0 bridgehead atoms. The molecule has 0 aromatic rings. The van der Waals surface area contributed by atoms with Crippen LogP contribution in [0.2, 0.25) is 0 Å². The zero-order valence-electron chi connectivity index (χ0n) is 13.0. The molecule has 0 unspecified atom stereocenters. The van der Waals surface area contributed by atoms with Crippen molar-refractivity contribution in [3.63, 3.8) is 0 Å². The Morgan fingerprint density at radius 2 is 1.67 bits per heavy atom. The molecule has 5 heteroatoms. The van der Waals surface area contributed by atoms with Gasteiger partial charge in [-0.05, 0) is 51.4 Å². The summed E-state index contributed by atoms with van der Waals surface area (Å²) in [5, 5.41) is 17.3. The molecular formula is C19H17FeNO3+2. The average molecular weight is 363 g/mol. The van der Waals surface area contributed by atoms with Gasteiger partial charge in [0.2, 0.25) is 0 Å². The van der Waals surface area contributed by atoms with E-state index in [1.165, 1.54) is 0 Å². The van der Waals surface area contributed by atoms with Crippen LogP contribution in [0.3, 0.4) is 0 Å². The van der Waals surface area contributed by atoms with Crippen molar-refractivity contribution >= 4 is 6.29 Å². The van der Waals surface area contributed by atoms with E-state index in [1.807, 2.05) is 38.5 Å². The number of allylic oxidation sites excluding steroid dienone is 1. The van der Waals surface area contributed by atoms with Crippen molar-refractivity contribution in [2.24, 2.45) is 0 Å². The van der Waals surface area contributed by atoms with Crippen LogP contribution in [0.5, 0.6) is 0 Å². The summed E-state index contributed by atoms with van der Waals surface area (Å²) in [6.45, 7) is 0.292. The van der Waals surface area contributed by atoms with Gasteiger partial charge in [0.05, 0.1) is 18.2 Å². The maximum absolute atomic E-state index is 9.87. The molecule has 24 heavy (non-hydrogen) atoms. The van der Waals surface area contributed by atoms with E-state index in [0.717, 1.165) is 18.1 Å². The molecule has 2 fully saturated rings. The van der Waals surface area contributed by atoms with Crippen molar-refractivity contribution in [3.8, 4) is 17.9 Å². The molecule has 1 N–H and O–H groups in total. The van der Waals surface area contributed by atoms with E-state index < -0.39 is 0 Å². The molecule has 0 amide bonds. The Kier molecular flexibility index (Phi) is 14.7. The fraction of sp³-hybridized carbons (Fsp3) is 0.158. The molecule has 0 aliphatic heterocycles. The minimum absolute atomic E-state index is 0. The normalized spacial score (nSPS) is 17.8. The monoisotopic (exact) mass is 363 g/mol. The smallest absolute Gasteiger partial charge is 0.384 e. The van der Waals surface area contributed by atoms with Crippen LogP contribution in [0.15, 0.2) is 11.6 Å². The SMILES string of the molecule is N#C/C(=C\[C]1[CH][CH][CH][CH]1)COCC#CCO.O=C[C]1[CH][CH][CH][CH]1.[Fe+2]. The van der Waals surface area contributed by atoms with Crippen molar-refractivity contribution < 1.29 is 31.7 Å². The zero-order chi connectivity index (χ0) is 16.8. The summed E-state index contributed by atoms with van der Waals surface area (Å²) in [5.41, 5.74) is 0.553. The van der Waals surface area contributed by atoms with E-state index in [-0.39, 0.29) is 36.9 Å². The van der Waals surface area contributed by atoms with Gasteiger partial charge in [-0.25, -0.2) is 0 Å². The third-order valence-corrected chi connectivity index (χ3v) is 2.63. The first-order valence-electron chi connectivity index (χ1n) is 6.93. The molecule has 4 nitrogen and oxygen atoms in total. The molecule has 0 atom stereocenters. The Balaban J connectivity index is 0.000000555. The number of aliphatic hydroxyl groups excluding tert-OH is 1. The molecule has 10 radical (unpaired) electrons. The molecule has 2 saturated carbocycles. The number of carbonyl (C=O) groups is 1. The van der Waals surface area contributed by atoms with Crippen LogP contribution in [-0.2, 0) is 26.6 Å². The molecule has 2 aliphatic carbocycles. The Morgan fingerprint density at radius 1 is 1.08 bits per heavy atom. The number of aldehydes is 1. The number of hydrogen-bond acceptors (Lipinski definition) is 4. The molecule has 0 aromatic heterocycles. The van der Waals surface area contributed by atoms with Gasteiger partial charge in [-0.1, -0.05) is 17.9 Å². The van der Waals surface area contributed by atoms with Gasteiger partial charge in [0.1, 0.15) is 19.5 Å². The number of nitrogens with zero attached hydrogens (tertiary/aromatic N) is 1. The predicted molar refractivity (Wildman–Crippen MR) is 86.3 cm³/mol. The van der Waals surface area contributed by atoms with Crippen molar-refractivity contribution in [3.05, 3.63) is 74.9 Å². The summed E-state index contributed by atoms with van der Waals surface area (Å²) in [4.78, 5) is 9.87. The number of ether oxygens (including phenoxy) is 1. The third-order valence-electron chi connectivity index (χ3n) is 2.63. The molecule has 0 spiro atoms. The first-order chi connectivity index (χ1) is 11.3. The number of carbonyl (C=O) groups excluding carboxylic acids is 1. The second-order valence-electron chi connectivity index (χ2n) is 4.34. The summed E-state index contributed by atoms with van der Waals surface area (Å²) in [5.74, 6) is 6.82. The van der Waals surface area contributed by atoms with E-state index in [1.54, 1.807) is 18.9 Å². The van der Waals surface area contributed by atoms with Crippen LogP contribution in [-0.4, -0.2) is 31.2 Å². The van der Waals surface area contributed by atoms with E-state index in [4.69, 9.17) is 15.1 Å². The largest absolute Gasteiger partial charge is 2.00 e. The number of nitriles is 1. The Morgan fingerprint density at radius 3 is 2.12 bits per heavy atom. The molecule has 2 aliphatic rings. The minimum Gasteiger partial charge on any atom is -0.384 e. The molecular weight excluding hydrogens is 346 g/mol.